The van der Waals surface area contributed by atoms with Crippen LogP contribution in [-0.4, -0.2) is 39.4 Å². The van der Waals surface area contributed by atoms with E-state index in [1.54, 1.807) is 7.11 Å². The van der Waals surface area contributed by atoms with Crippen LogP contribution in [-0.2, 0) is 19.4 Å². The number of benzene rings is 4. The van der Waals surface area contributed by atoms with Crippen molar-refractivity contribution in [2.45, 2.75) is 30.3 Å². The smallest absolute Gasteiger partial charge is 0.231 e. The maximum Gasteiger partial charge on any atom is 0.231 e. The van der Waals surface area contributed by atoms with Crippen molar-refractivity contribution in [3.05, 3.63) is 82.9 Å². The molecular formula is C31H30N2O4S. The highest BCUT2D eigenvalue weighted by Gasteiger charge is 2.35. The predicted molar refractivity (Wildman–Crippen MR) is 151 cm³/mol. The van der Waals surface area contributed by atoms with Gasteiger partial charge in [-0.2, -0.15) is 0 Å². The number of ether oxygens (including phenoxy) is 3. The minimum Gasteiger partial charge on any atom is -0.493 e. The minimum absolute atomic E-state index is 0.306. The van der Waals surface area contributed by atoms with Gasteiger partial charge in [-0.15, -0.1) is 0 Å². The van der Waals surface area contributed by atoms with Crippen LogP contribution in [0.1, 0.15) is 28.3 Å². The Morgan fingerprint density at radius 3 is 2.61 bits per heavy atom. The molecule has 3 aliphatic rings. The average Bonchev–Trinajstić information content (AvgIpc) is 3.40. The highest BCUT2D eigenvalue weighted by molar-refractivity contribution is 7.95. The van der Waals surface area contributed by atoms with Crippen LogP contribution in [0.25, 0.3) is 10.8 Å². The van der Waals surface area contributed by atoms with E-state index >= 15 is 0 Å². The number of hydrogen-bond acceptors (Lipinski definition) is 7. The van der Waals surface area contributed by atoms with Gasteiger partial charge in [0.1, 0.15) is 0 Å². The monoisotopic (exact) mass is 526 g/mol. The van der Waals surface area contributed by atoms with Gasteiger partial charge in [0.25, 0.3) is 0 Å². The third kappa shape index (κ3) is 3.84. The molecule has 6 nitrogen and oxygen atoms in total. The van der Waals surface area contributed by atoms with Crippen LogP contribution in [0.2, 0.25) is 0 Å². The largest absolute Gasteiger partial charge is 0.493 e. The van der Waals surface area contributed by atoms with E-state index in [1.807, 2.05) is 6.07 Å². The first-order chi connectivity index (χ1) is 18.6. The molecule has 4 aromatic carbocycles. The van der Waals surface area contributed by atoms with Crippen LogP contribution in [0.3, 0.4) is 0 Å². The van der Waals surface area contributed by atoms with E-state index in [4.69, 9.17) is 18.4 Å². The third-order valence-electron chi connectivity index (χ3n) is 7.97. The Bertz CT molecular complexity index is 1550. The molecule has 0 radical (unpaired) electrons. The van der Waals surface area contributed by atoms with Crippen molar-refractivity contribution >= 4 is 28.5 Å². The highest BCUT2D eigenvalue weighted by atomic mass is 32.2. The van der Waals surface area contributed by atoms with Crippen molar-refractivity contribution in [3.8, 4) is 23.0 Å². The zero-order valence-corrected chi connectivity index (χ0v) is 22.6. The molecule has 194 valence electrons. The SMILES string of the molecule is COc1ccc2c(c1OSc1cccc3c(N(C)C)cccc13)CN1CCc3cc4c(cc3C1C2)OCO4. The third-order valence-corrected chi connectivity index (χ3v) is 8.76. The summed E-state index contributed by atoms with van der Waals surface area (Å²) in [7, 11) is 5.87. The standard InChI is InChI=1S/C31H30N2O4S/c1-32(2)25-8-4-7-22-21(25)6-5-9-30(22)38-37-31-24-17-33-13-12-20-15-28-29(36-18-35-28)16-23(20)26(33)14-19(24)10-11-27(31)34-3/h4-11,15-16,26H,12-14,17-18H2,1-3H3. The highest BCUT2D eigenvalue weighted by Crippen LogP contribution is 2.48. The van der Waals surface area contributed by atoms with Gasteiger partial charge < -0.3 is 23.3 Å². The first kappa shape index (κ1) is 23.6. The van der Waals surface area contributed by atoms with E-state index in [9.17, 15) is 0 Å². The van der Waals surface area contributed by atoms with Crippen molar-refractivity contribution in [2.75, 3.05) is 39.4 Å². The minimum atomic E-state index is 0.306. The lowest BCUT2D eigenvalue weighted by Crippen LogP contribution is -2.39. The van der Waals surface area contributed by atoms with Crippen LogP contribution >= 0.6 is 12.0 Å². The second-order valence-corrected chi connectivity index (χ2v) is 11.0. The molecule has 0 spiro atoms. The topological polar surface area (TPSA) is 43.4 Å². The van der Waals surface area contributed by atoms with Gasteiger partial charge in [-0.1, -0.05) is 30.3 Å². The summed E-state index contributed by atoms with van der Waals surface area (Å²) in [5.41, 5.74) is 6.44. The fourth-order valence-electron chi connectivity index (χ4n) is 6.06. The lowest BCUT2D eigenvalue weighted by atomic mass is 9.83. The summed E-state index contributed by atoms with van der Waals surface area (Å²) in [6.45, 7) is 2.12. The van der Waals surface area contributed by atoms with Gasteiger partial charge in [0, 0.05) is 55.2 Å². The van der Waals surface area contributed by atoms with Gasteiger partial charge in [-0.25, -0.2) is 0 Å². The van der Waals surface area contributed by atoms with Gasteiger partial charge in [0.2, 0.25) is 6.79 Å². The maximum absolute atomic E-state index is 6.55. The Hall–Kier alpha value is -3.55. The number of nitrogens with zero attached hydrogens (tertiary/aromatic N) is 2. The quantitative estimate of drug-likeness (QED) is 0.279. The molecule has 38 heavy (non-hydrogen) atoms. The van der Waals surface area contributed by atoms with Crippen molar-refractivity contribution in [1.29, 1.82) is 0 Å². The summed E-state index contributed by atoms with van der Waals surface area (Å²) in [6, 6.07) is 21.7. The van der Waals surface area contributed by atoms with Crippen LogP contribution in [0, 0.1) is 0 Å². The zero-order chi connectivity index (χ0) is 25.8. The Morgan fingerprint density at radius 2 is 1.76 bits per heavy atom. The van der Waals surface area contributed by atoms with Gasteiger partial charge in [-0.3, -0.25) is 4.90 Å². The Morgan fingerprint density at radius 1 is 0.947 bits per heavy atom. The lowest BCUT2D eigenvalue weighted by Gasteiger charge is -2.42. The van der Waals surface area contributed by atoms with Gasteiger partial charge >= 0.3 is 0 Å². The van der Waals surface area contributed by atoms with Crippen molar-refractivity contribution in [2.24, 2.45) is 0 Å². The fourth-order valence-corrected chi connectivity index (χ4v) is 6.82. The fraction of sp³-hybridized carbons (Fsp3) is 0.290. The van der Waals surface area contributed by atoms with E-state index in [1.165, 1.54) is 50.8 Å². The van der Waals surface area contributed by atoms with E-state index < -0.39 is 0 Å². The molecular weight excluding hydrogens is 496 g/mol. The van der Waals surface area contributed by atoms with Crippen LogP contribution in [0.4, 0.5) is 5.69 Å². The molecule has 1 unspecified atom stereocenters. The summed E-state index contributed by atoms with van der Waals surface area (Å²) >= 11 is 1.41. The first-order valence-corrected chi connectivity index (χ1v) is 13.7. The second kappa shape index (κ2) is 9.33. The van der Waals surface area contributed by atoms with Gasteiger partial charge in [0.15, 0.2) is 23.0 Å². The maximum atomic E-state index is 6.55. The van der Waals surface area contributed by atoms with Gasteiger partial charge in [-0.05, 0) is 59.9 Å². The molecule has 3 heterocycles. The molecule has 1 atom stereocenters. The molecule has 0 saturated carbocycles. The molecule has 3 aliphatic heterocycles. The Kier molecular flexibility index (Phi) is 5.78. The molecule has 7 heteroatoms. The average molecular weight is 527 g/mol. The van der Waals surface area contributed by atoms with E-state index in [0.717, 1.165) is 53.8 Å². The van der Waals surface area contributed by atoms with Crippen LogP contribution in [0.5, 0.6) is 23.0 Å². The summed E-state index contributed by atoms with van der Waals surface area (Å²) in [5, 5.41) is 2.39. The molecule has 4 aromatic rings. The van der Waals surface area contributed by atoms with E-state index in [0.29, 0.717) is 12.8 Å². The normalized spacial score (nSPS) is 17.5. The molecule has 0 N–H and O–H groups in total. The molecule has 0 fully saturated rings. The summed E-state index contributed by atoms with van der Waals surface area (Å²) < 4.78 is 23.7. The molecule has 7 rings (SSSR count). The Balaban J connectivity index is 1.22. The number of methoxy groups -OCH3 is 1. The molecule has 0 aromatic heterocycles. The molecule has 0 bridgehead atoms. The zero-order valence-electron chi connectivity index (χ0n) is 21.8. The summed E-state index contributed by atoms with van der Waals surface area (Å²) in [5.74, 6) is 3.33. The number of fused-ring (bicyclic) bond motifs is 6. The number of hydrogen-bond donors (Lipinski definition) is 0. The van der Waals surface area contributed by atoms with Gasteiger partial charge in [0.05, 0.1) is 24.0 Å². The van der Waals surface area contributed by atoms with Crippen molar-refractivity contribution in [3.63, 3.8) is 0 Å². The van der Waals surface area contributed by atoms with Crippen molar-refractivity contribution in [1.82, 2.24) is 4.90 Å². The molecule has 0 saturated heterocycles. The summed E-state index contributed by atoms with van der Waals surface area (Å²) in [4.78, 5) is 5.79. The number of rotatable bonds is 5. The second-order valence-electron chi connectivity index (χ2n) is 10.3. The lowest BCUT2D eigenvalue weighted by molar-refractivity contribution is 0.159. The van der Waals surface area contributed by atoms with Crippen LogP contribution < -0.4 is 23.3 Å². The summed E-state index contributed by atoms with van der Waals surface area (Å²) in [6.07, 6.45) is 1.92. The first-order valence-electron chi connectivity index (χ1n) is 13.0. The van der Waals surface area contributed by atoms with Crippen LogP contribution in [0.15, 0.2) is 65.6 Å². The van der Waals surface area contributed by atoms with E-state index in [-0.39, 0.29) is 0 Å². The number of anilines is 1. The Labute approximate surface area is 227 Å². The van der Waals surface area contributed by atoms with E-state index in [2.05, 4.69) is 78.5 Å². The van der Waals surface area contributed by atoms with Crippen molar-refractivity contribution < 1.29 is 18.4 Å². The molecule has 0 aliphatic carbocycles. The molecule has 0 amide bonds. The predicted octanol–water partition coefficient (Wildman–Crippen LogP) is 6.38.